The monoisotopic (exact) mass is 263 g/mol. The highest BCUT2D eigenvalue weighted by molar-refractivity contribution is 5.19. The molecule has 0 bridgehead atoms. The molecule has 1 N–H and O–H groups in total. The summed E-state index contributed by atoms with van der Waals surface area (Å²) in [5.41, 5.74) is 1.17. The summed E-state index contributed by atoms with van der Waals surface area (Å²) in [7, 11) is 0. The lowest BCUT2D eigenvalue weighted by molar-refractivity contribution is 0.258. The zero-order valence-corrected chi connectivity index (χ0v) is 12.2. The van der Waals surface area contributed by atoms with Gasteiger partial charge in [-0.1, -0.05) is 38.3 Å². The number of rotatable bonds is 5. The molecule has 0 radical (unpaired) electrons. The Bertz CT molecular complexity index is 365. The van der Waals surface area contributed by atoms with Crippen LogP contribution < -0.4 is 5.32 Å². The fraction of sp³-hybridized carbons (Fsp3) is 0.647. The van der Waals surface area contributed by atoms with E-state index >= 15 is 0 Å². The molecule has 0 amide bonds. The van der Waals surface area contributed by atoms with Crippen LogP contribution in [-0.4, -0.2) is 6.54 Å². The molecule has 0 saturated heterocycles. The van der Waals surface area contributed by atoms with Crippen LogP contribution in [0.25, 0.3) is 0 Å². The van der Waals surface area contributed by atoms with E-state index in [0.29, 0.717) is 6.04 Å². The van der Waals surface area contributed by atoms with E-state index in [1.54, 1.807) is 12.1 Å². The van der Waals surface area contributed by atoms with Crippen molar-refractivity contribution in [2.24, 2.45) is 11.8 Å². The maximum Gasteiger partial charge on any atom is 0.123 e. The standard InChI is InChI=1S/C17H26FN/c1-3-14-4-6-15(7-5-14)12-19-13(2)16-8-10-17(18)11-9-16/h8-11,13-15,19H,3-7,12H2,1-2H3. The van der Waals surface area contributed by atoms with Crippen molar-refractivity contribution in [3.8, 4) is 0 Å². The van der Waals surface area contributed by atoms with Crippen molar-refractivity contribution < 1.29 is 4.39 Å². The Morgan fingerprint density at radius 3 is 2.26 bits per heavy atom. The Balaban J connectivity index is 1.75. The summed E-state index contributed by atoms with van der Waals surface area (Å²) in [5.74, 6) is 1.63. The van der Waals surface area contributed by atoms with Gasteiger partial charge in [-0.25, -0.2) is 4.39 Å². The van der Waals surface area contributed by atoms with Crippen LogP contribution in [0.15, 0.2) is 24.3 Å². The largest absolute Gasteiger partial charge is 0.310 e. The molecule has 1 aliphatic rings. The Labute approximate surface area is 116 Å². The van der Waals surface area contributed by atoms with Crippen LogP contribution >= 0.6 is 0 Å². The van der Waals surface area contributed by atoms with Crippen molar-refractivity contribution in [1.29, 1.82) is 0 Å². The Morgan fingerprint density at radius 2 is 1.68 bits per heavy atom. The Kier molecular flexibility index (Phi) is 5.38. The summed E-state index contributed by atoms with van der Waals surface area (Å²) in [6.45, 7) is 5.56. The van der Waals surface area contributed by atoms with Crippen LogP contribution in [0.1, 0.15) is 57.6 Å². The minimum absolute atomic E-state index is 0.158. The van der Waals surface area contributed by atoms with Crippen LogP contribution in [0, 0.1) is 17.7 Å². The molecule has 2 rings (SSSR count). The molecule has 0 spiro atoms. The average molecular weight is 263 g/mol. The van der Waals surface area contributed by atoms with Crippen molar-refractivity contribution >= 4 is 0 Å². The second-order valence-corrected chi connectivity index (χ2v) is 5.98. The van der Waals surface area contributed by atoms with Crippen LogP contribution in [0.4, 0.5) is 4.39 Å². The first kappa shape index (κ1) is 14.5. The summed E-state index contributed by atoms with van der Waals surface area (Å²) in [6, 6.07) is 7.14. The van der Waals surface area contributed by atoms with Crippen molar-refractivity contribution in [3.63, 3.8) is 0 Å². The predicted molar refractivity (Wildman–Crippen MR) is 78.6 cm³/mol. The van der Waals surface area contributed by atoms with Gasteiger partial charge in [0.1, 0.15) is 5.82 Å². The normalized spacial score (nSPS) is 25.2. The van der Waals surface area contributed by atoms with Gasteiger partial charge in [-0.3, -0.25) is 0 Å². The van der Waals surface area contributed by atoms with Gasteiger partial charge in [-0.05, 0) is 55.8 Å². The molecule has 1 aromatic rings. The van der Waals surface area contributed by atoms with Crippen molar-refractivity contribution in [2.45, 2.75) is 52.0 Å². The van der Waals surface area contributed by atoms with Crippen molar-refractivity contribution in [2.75, 3.05) is 6.54 Å². The van der Waals surface area contributed by atoms with Crippen LogP contribution in [0.3, 0.4) is 0 Å². The third kappa shape index (κ3) is 4.31. The minimum Gasteiger partial charge on any atom is -0.310 e. The first-order valence-corrected chi connectivity index (χ1v) is 7.68. The van der Waals surface area contributed by atoms with Gasteiger partial charge in [0.25, 0.3) is 0 Å². The van der Waals surface area contributed by atoms with Gasteiger partial charge >= 0.3 is 0 Å². The molecular formula is C17H26FN. The van der Waals surface area contributed by atoms with E-state index in [9.17, 15) is 4.39 Å². The third-order valence-electron chi connectivity index (χ3n) is 4.63. The van der Waals surface area contributed by atoms with E-state index in [1.807, 2.05) is 12.1 Å². The van der Waals surface area contributed by atoms with E-state index < -0.39 is 0 Å². The molecule has 1 unspecified atom stereocenters. The fourth-order valence-electron chi connectivity index (χ4n) is 3.06. The zero-order chi connectivity index (χ0) is 13.7. The van der Waals surface area contributed by atoms with Gasteiger partial charge in [0.05, 0.1) is 0 Å². The first-order valence-electron chi connectivity index (χ1n) is 7.68. The molecule has 2 heteroatoms. The highest BCUT2D eigenvalue weighted by atomic mass is 19.1. The summed E-state index contributed by atoms with van der Waals surface area (Å²) < 4.78 is 12.9. The molecule has 0 aromatic heterocycles. The quantitative estimate of drug-likeness (QED) is 0.812. The fourth-order valence-corrected chi connectivity index (χ4v) is 3.06. The molecule has 1 saturated carbocycles. The number of halogens is 1. The van der Waals surface area contributed by atoms with E-state index in [1.165, 1.54) is 37.7 Å². The highest BCUT2D eigenvalue weighted by Gasteiger charge is 2.20. The second-order valence-electron chi connectivity index (χ2n) is 5.98. The maximum absolute atomic E-state index is 12.9. The van der Waals surface area contributed by atoms with Gasteiger partial charge in [0.15, 0.2) is 0 Å². The summed E-state index contributed by atoms with van der Waals surface area (Å²) in [4.78, 5) is 0. The molecule has 19 heavy (non-hydrogen) atoms. The third-order valence-corrected chi connectivity index (χ3v) is 4.63. The topological polar surface area (TPSA) is 12.0 Å². The maximum atomic E-state index is 12.9. The van der Waals surface area contributed by atoms with E-state index in [2.05, 4.69) is 19.2 Å². The summed E-state index contributed by atoms with van der Waals surface area (Å²) in [6.07, 6.45) is 6.86. The second kappa shape index (κ2) is 7.04. The summed E-state index contributed by atoms with van der Waals surface area (Å²) >= 11 is 0. The van der Waals surface area contributed by atoms with Gasteiger partial charge in [0.2, 0.25) is 0 Å². The molecule has 1 atom stereocenters. The Morgan fingerprint density at radius 1 is 1.11 bits per heavy atom. The molecule has 1 aliphatic carbocycles. The van der Waals surface area contributed by atoms with E-state index in [0.717, 1.165) is 18.4 Å². The van der Waals surface area contributed by atoms with Crippen LogP contribution in [-0.2, 0) is 0 Å². The van der Waals surface area contributed by atoms with Gasteiger partial charge < -0.3 is 5.32 Å². The Hall–Kier alpha value is -0.890. The molecule has 1 nitrogen and oxygen atoms in total. The minimum atomic E-state index is -0.158. The number of hydrogen-bond acceptors (Lipinski definition) is 1. The predicted octanol–water partition coefficient (Wildman–Crippen LogP) is 4.69. The lowest BCUT2D eigenvalue weighted by Crippen LogP contribution is -2.28. The molecular weight excluding hydrogens is 237 g/mol. The van der Waals surface area contributed by atoms with E-state index in [-0.39, 0.29) is 5.82 Å². The smallest absolute Gasteiger partial charge is 0.123 e. The summed E-state index contributed by atoms with van der Waals surface area (Å²) in [5, 5.41) is 3.60. The van der Waals surface area contributed by atoms with Gasteiger partial charge in [-0.15, -0.1) is 0 Å². The first-order chi connectivity index (χ1) is 9.19. The van der Waals surface area contributed by atoms with Crippen molar-refractivity contribution in [1.82, 2.24) is 5.32 Å². The zero-order valence-electron chi connectivity index (χ0n) is 12.2. The SMILES string of the molecule is CCC1CCC(CNC(C)c2ccc(F)cc2)CC1. The van der Waals surface area contributed by atoms with E-state index in [4.69, 9.17) is 0 Å². The number of hydrogen-bond donors (Lipinski definition) is 1. The van der Waals surface area contributed by atoms with Crippen LogP contribution in [0.5, 0.6) is 0 Å². The molecule has 0 heterocycles. The molecule has 1 aromatic carbocycles. The lowest BCUT2D eigenvalue weighted by Gasteiger charge is -2.29. The number of benzene rings is 1. The average Bonchev–Trinajstić information content (AvgIpc) is 2.46. The lowest BCUT2D eigenvalue weighted by atomic mass is 9.81. The molecule has 1 fully saturated rings. The molecule has 0 aliphatic heterocycles. The van der Waals surface area contributed by atoms with Gasteiger partial charge in [-0.2, -0.15) is 0 Å². The van der Waals surface area contributed by atoms with Crippen LogP contribution in [0.2, 0.25) is 0 Å². The number of nitrogens with one attached hydrogen (secondary N) is 1. The van der Waals surface area contributed by atoms with Crippen molar-refractivity contribution in [3.05, 3.63) is 35.6 Å². The highest BCUT2D eigenvalue weighted by Crippen LogP contribution is 2.30. The molecule has 106 valence electrons. The van der Waals surface area contributed by atoms with Gasteiger partial charge in [0, 0.05) is 6.04 Å².